The molecule has 0 aliphatic heterocycles. The van der Waals surface area contributed by atoms with Crippen LogP contribution in [0.1, 0.15) is 12.8 Å². The summed E-state index contributed by atoms with van der Waals surface area (Å²) in [5.74, 6) is 0. The molecule has 0 aromatic rings. The molecule has 88 valence electrons. The second kappa shape index (κ2) is 9.35. The van der Waals surface area contributed by atoms with Gasteiger partial charge in [0.1, 0.15) is 0 Å². The van der Waals surface area contributed by atoms with Crippen LogP contribution in [0.3, 0.4) is 0 Å². The van der Waals surface area contributed by atoms with Crippen molar-refractivity contribution in [2.75, 3.05) is 34.4 Å². The first-order valence-corrected chi connectivity index (χ1v) is 5.49. The third-order valence-electron chi connectivity index (χ3n) is 0.785. The van der Waals surface area contributed by atoms with Crippen LogP contribution in [-0.4, -0.2) is 57.3 Å². The summed E-state index contributed by atoms with van der Waals surface area (Å²) < 4.78 is 31.7. The summed E-state index contributed by atoms with van der Waals surface area (Å²) in [6, 6.07) is 0. The molecule has 0 saturated heterocycles. The minimum absolute atomic E-state index is 0.00512. The number of rotatable bonds is 5. The van der Waals surface area contributed by atoms with Gasteiger partial charge >= 0.3 is 10.4 Å². The van der Waals surface area contributed by atoms with E-state index in [0.29, 0.717) is 12.8 Å². The van der Waals surface area contributed by atoms with Crippen molar-refractivity contribution in [3.05, 3.63) is 0 Å². The second-order valence-corrected chi connectivity index (χ2v) is 4.11. The highest BCUT2D eigenvalue weighted by Gasteiger charge is 2.01. The zero-order valence-corrected chi connectivity index (χ0v) is 9.62. The fraction of sp³-hybridized carbons (Fsp3) is 1.00. The topological polar surface area (TPSA) is 87.1 Å². The van der Waals surface area contributed by atoms with E-state index in [9.17, 15) is 8.42 Å². The third kappa shape index (κ3) is 29.8. The van der Waals surface area contributed by atoms with E-state index in [-0.39, 0.29) is 13.2 Å². The van der Waals surface area contributed by atoms with E-state index < -0.39 is 10.4 Å². The van der Waals surface area contributed by atoms with Gasteiger partial charge in [-0.3, -0.25) is 4.55 Å². The molecule has 0 atom stereocenters. The Morgan fingerprint density at radius 1 is 1.21 bits per heavy atom. The van der Waals surface area contributed by atoms with Gasteiger partial charge in [-0.25, -0.2) is 4.18 Å². The predicted octanol–water partition coefficient (Wildman–Crippen LogP) is -0.244. The van der Waals surface area contributed by atoms with Crippen LogP contribution in [0.4, 0.5) is 0 Å². The molecule has 6 nitrogen and oxygen atoms in total. The van der Waals surface area contributed by atoms with Crippen LogP contribution >= 0.6 is 0 Å². The van der Waals surface area contributed by atoms with Gasteiger partial charge in [-0.2, -0.15) is 8.42 Å². The van der Waals surface area contributed by atoms with E-state index in [1.54, 1.807) is 0 Å². The predicted molar refractivity (Wildman–Crippen MR) is 53.4 cm³/mol. The maximum absolute atomic E-state index is 9.87. The molecule has 14 heavy (non-hydrogen) atoms. The van der Waals surface area contributed by atoms with Gasteiger partial charge in [-0.1, -0.05) is 0 Å². The standard InChI is InChI=1S/C4H10O5S.C3H9N/c5-3-1-2-4-9-10(6,7)8;1-4(2)3/h5H,1-4H2,(H,6,7,8);1-3H3. The highest BCUT2D eigenvalue weighted by Crippen LogP contribution is 1.92. The van der Waals surface area contributed by atoms with Crippen molar-refractivity contribution in [2.24, 2.45) is 0 Å². The Morgan fingerprint density at radius 3 is 1.93 bits per heavy atom. The first kappa shape index (κ1) is 16.2. The van der Waals surface area contributed by atoms with Crippen LogP contribution in [0.15, 0.2) is 0 Å². The average molecular weight is 229 g/mol. The number of nitrogens with zero attached hydrogens (tertiary/aromatic N) is 1. The van der Waals surface area contributed by atoms with Gasteiger partial charge in [0.05, 0.1) is 6.61 Å². The zero-order chi connectivity index (χ0) is 11.6. The Bertz CT molecular complexity index is 199. The number of unbranched alkanes of at least 4 members (excludes halogenated alkanes) is 1. The quantitative estimate of drug-likeness (QED) is 0.499. The maximum atomic E-state index is 9.87. The fourth-order valence-corrected chi connectivity index (χ4v) is 0.707. The lowest BCUT2D eigenvalue weighted by molar-refractivity contribution is 0.236. The summed E-state index contributed by atoms with van der Waals surface area (Å²) in [6.45, 7) is -0.0891. The van der Waals surface area contributed by atoms with Gasteiger partial charge in [-0.15, -0.1) is 0 Å². The fourth-order valence-electron chi connectivity index (χ4n) is 0.378. The molecule has 0 aromatic heterocycles. The number of aliphatic hydroxyl groups is 1. The lowest BCUT2D eigenvalue weighted by Crippen LogP contribution is -2.05. The highest BCUT2D eigenvalue weighted by molar-refractivity contribution is 7.80. The number of hydrogen-bond acceptors (Lipinski definition) is 5. The Labute approximate surface area is 85.4 Å². The molecule has 0 fully saturated rings. The van der Waals surface area contributed by atoms with E-state index in [2.05, 4.69) is 4.18 Å². The van der Waals surface area contributed by atoms with Gasteiger partial charge in [0.25, 0.3) is 0 Å². The molecule has 0 rings (SSSR count). The lowest BCUT2D eigenvalue weighted by Gasteiger charge is -1.96. The summed E-state index contributed by atoms with van der Waals surface area (Å²) >= 11 is 0. The summed E-state index contributed by atoms with van der Waals surface area (Å²) in [5.41, 5.74) is 0. The summed E-state index contributed by atoms with van der Waals surface area (Å²) in [4.78, 5) is 2.00. The van der Waals surface area contributed by atoms with Crippen molar-refractivity contribution < 1.29 is 22.3 Å². The Hall–Kier alpha value is -0.210. The van der Waals surface area contributed by atoms with Crippen molar-refractivity contribution in [3.63, 3.8) is 0 Å². The molecule has 0 amide bonds. The first-order chi connectivity index (χ1) is 6.29. The maximum Gasteiger partial charge on any atom is 0.397 e. The lowest BCUT2D eigenvalue weighted by atomic mass is 10.3. The molecule has 0 radical (unpaired) electrons. The largest absolute Gasteiger partial charge is 0.397 e. The van der Waals surface area contributed by atoms with Gasteiger partial charge in [0.2, 0.25) is 0 Å². The molecule has 0 spiro atoms. The molecule has 0 saturated carbocycles. The van der Waals surface area contributed by atoms with E-state index in [4.69, 9.17) is 9.66 Å². The van der Waals surface area contributed by atoms with E-state index in [1.807, 2.05) is 26.0 Å². The Kier molecular flexibility index (Phi) is 10.8. The third-order valence-corrected chi connectivity index (χ3v) is 1.25. The molecule has 7 heteroatoms. The second-order valence-electron chi connectivity index (χ2n) is 3.02. The summed E-state index contributed by atoms with van der Waals surface area (Å²) in [5, 5.41) is 8.23. The molecule has 0 aliphatic rings. The van der Waals surface area contributed by atoms with Crippen molar-refractivity contribution in [1.29, 1.82) is 0 Å². The minimum atomic E-state index is -4.29. The molecule has 2 N–H and O–H groups in total. The van der Waals surface area contributed by atoms with E-state index in [0.717, 1.165) is 0 Å². The minimum Gasteiger partial charge on any atom is -0.396 e. The SMILES string of the molecule is CN(C)C.O=S(=O)(O)OCCCCO. The van der Waals surface area contributed by atoms with Crippen molar-refractivity contribution in [3.8, 4) is 0 Å². The number of aliphatic hydroxyl groups excluding tert-OH is 1. The van der Waals surface area contributed by atoms with Gasteiger partial charge in [-0.05, 0) is 34.0 Å². The molecule has 0 unspecified atom stereocenters. The van der Waals surface area contributed by atoms with Crippen LogP contribution in [0.5, 0.6) is 0 Å². The van der Waals surface area contributed by atoms with Crippen molar-refractivity contribution in [2.45, 2.75) is 12.8 Å². The van der Waals surface area contributed by atoms with E-state index >= 15 is 0 Å². The van der Waals surface area contributed by atoms with Crippen molar-refractivity contribution in [1.82, 2.24) is 4.90 Å². The summed E-state index contributed by atoms with van der Waals surface area (Å²) in [7, 11) is 1.71. The molecular formula is C7H19NO5S. The van der Waals surface area contributed by atoms with Gasteiger partial charge in [0, 0.05) is 6.61 Å². The van der Waals surface area contributed by atoms with Crippen LogP contribution in [0.25, 0.3) is 0 Å². The van der Waals surface area contributed by atoms with Gasteiger partial charge < -0.3 is 10.0 Å². The number of hydrogen-bond donors (Lipinski definition) is 2. The van der Waals surface area contributed by atoms with Crippen molar-refractivity contribution >= 4 is 10.4 Å². The molecule has 0 bridgehead atoms. The average Bonchev–Trinajstić information content (AvgIpc) is 1.95. The molecule has 0 aromatic carbocycles. The van der Waals surface area contributed by atoms with Crippen LogP contribution in [0.2, 0.25) is 0 Å². The molecule has 0 heterocycles. The van der Waals surface area contributed by atoms with E-state index in [1.165, 1.54) is 0 Å². The Balaban J connectivity index is 0. The van der Waals surface area contributed by atoms with Gasteiger partial charge in [0.15, 0.2) is 0 Å². The zero-order valence-electron chi connectivity index (χ0n) is 8.80. The first-order valence-electron chi connectivity index (χ1n) is 4.13. The van der Waals surface area contributed by atoms with Crippen LogP contribution in [0, 0.1) is 0 Å². The Morgan fingerprint density at radius 2 is 1.64 bits per heavy atom. The molecular weight excluding hydrogens is 210 g/mol. The monoisotopic (exact) mass is 229 g/mol. The molecule has 0 aliphatic carbocycles. The highest BCUT2D eigenvalue weighted by atomic mass is 32.3. The summed E-state index contributed by atoms with van der Waals surface area (Å²) in [6.07, 6.45) is 0.881. The smallest absolute Gasteiger partial charge is 0.396 e. The van der Waals surface area contributed by atoms with Crippen LogP contribution in [-0.2, 0) is 14.6 Å². The van der Waals surface area contributed by atoms with Crippen LogP contribution < -0.4 is 0 Å². The normalized spacial score (nSPS) is 11.0.